The third kappa shape index (κ3) is 4.67. The summed E-state index contributed by atoms with van der Waals surface area (Å²) < 4.78 is 0. The number of hydrogen-bond acceptors (Lipinski definition) is 4. The molecule has 1 atom stereocenters. The molecule has 2 aromatic heterocycles. The molecule has 2 heterocycles. The Balaban J connectivity index is 1.66. The van der Waals surface area contributed by atoms with Crippen LogP contribution in [0.3, 0.4) is 0 Å². The van der Waals surface area contributed by atoms with Crippen molar-refractivity contribution >= 4 is 23.0 Å². The van der Waals surface area contributed by atoms with Gasteiger partial charge in [0.05, 0.1) is 23.0 Å². The van der Waals surface area contributed by atoms with Crippen molar-refractivity contribution in [3.63, 3.8) is 0 Å². The Hall–Kier alpha value is -3.86. The van der Waals surface area contributed by atoms with Crippen molar-refractivity contribution in [2.75, 3.05) is 0 Å². The lowest BCUT2D eigenvalue weighted by atomic mass is 9.96. The van der Waals surface area contributed by atoms with Gasteiger partial charge in [-0.25, -0.2) is 10.4 Å². The van der Waals surface area contributed by atoms with E-state index in [0.717, 1.165) is 34.1 Å². The molecule has 154 valence electrons. The molecule has 0 radical (unpaired) electrons. The minimum Gasteiger partial charge on any atom is -0.267 e. The van der Waals surface area contributed by atoms with Gasteiger partial charge in [-0.1, -0.05) is 62.4 Å². The fourth-order valence-corrected chi connectivity index (χ4v) is 3.41. The summed E-state index contributed by atoms with van der Waals surface area (Å²) in [6.07, 6.45) is 6.04. The summed E-state index contributed by atoms with van der Waals surface area (Å²) in [6, 6.07) is 21.6. The van der Waals surface area contributed by atoms with E-state index in [0.29, 0.717) is 11.5 Å². The lowest BCUT2D eigenvalue weighted by molar-refractivity contribution is 0.0956. The fourth-order valence-electron chi connectivity index (χ4n) is 3.41. The predicted molar refractivity (Wildman–Crippen MR) is 125 cm³/mol. The minimum absolute atomic E-state index is 0.281. The molecule has 1 amide bonds. The first-order valence-corrected chi connectivity index (χ1v) is 10.4. The van der Waals surface area contributed by atoms with Crippen molar-refractivity contribution < 1.29 is 4.79 Å². The number of nitrogens with zero attached hydrogens (tertiary/aromatic N) is 3. The van der Waals surface area contributed by atoms with Crippen molar-refractivity contribution in [2.45, 2.75) is 26.2 Å². The molecule has 0 aliphatic heterocycles. The number of pyridine rings is 2. The first-order valence-electron chi connectivity index (χ1n) is 10.4. The first-order chi connectivity index (χ1) is 15.2. The maximum atomic E-state index is 12.9. The summed E-state index contributed by atoms with van der Waals surface area (Å²) in [4.78, 5) is 21.8. The molecule has 5 nitrogen and oxygen atoms in total. The zero-order chi connectivity index (χ0) is 21.6. The van der Waals surface area contributed by atoms with E-state index >= 15 is 0 Å². The van der Waals surface area contributed by atoms with Crippen molar-refractivity contribution in [2.24, 2.45) is 5.10 Å². The van der Waals surface area contributed by atoms with Crippen LogP contribution in [-0.2, 0) is 0 Å². The number of rotatable bonds is 6. The Morgan fingerprint density at radius 1 is 1.10 bits per heavy atom. The number of hydrazone groups is 1. The highest BCUT2D eigenvalue weighted by Gasteiger charge is 2.14. The summed E-state index contributed by atoms with van der Waals surface area (Å²) in [5.41, 5.74) is 7.78. The molecular formula is C26H24N4O. The van der Waals surface area contributed by atoms with Gasteiger partial charge in [-0.05, 0) is 36.1 Å². The number of nitrogens with one attached hydrogen (secondary N) is 1. The second kappa shape index (κ2) is 9.30. The van der Waals surface area contributed by atoms with Crippen LogP contribution in [0.5, 0.6) is 0 Å². The van der Waals surface area contributed by atoms with Gasteiger partial charge in [-0.3, -0.25) is 9.78 Å². The fraction of sp³-hybridized carbons (Fsp3) is 0.154. The maximum absolute atomic E-state index is 12.9. The third-order valence-electron chi connectivity index (χ3n) is 5.41. The molecule has 1 unspecified atom stereocenters. The molecule has 0 fully saturated rings. The SMILES string of the molecule is CCC(C)c1ccc(-c2cc(C(=O)N/N=C\c3cccnc3)c3ccccc3n2)cc1. The van der Waals surface area contributed by atoms with Gasteiger partial charge < -0.3 is 0 Å². The second-order valence-corrected chi connectivity index (χ2v) is 7.49. The Labute approximate surface area is 181 Å². The van der Waals surface area contributed by atoms with Gasteiger partial charge in [0.1, 0.15) is 0 Å². The average Bonchev–Trinajstić information content (AvgIpc) is 2.83. The molecule has 4 rings (SSSR count). The molecule has 31 heavy (non-hydrogen) atoms. The zero-order valence-corrected chi connectivity index (χ0v) is 17.6. The molecular weight excluding hydrogens is 384 g/mol. The van der Waals surface area contributed by atoms with Crippen LogP contribution < -0.4 is 5.43 Å². The first kappa shape index (κ1) is 20.4. The molecule has 0 aliphatic rings. The van der Waals surface area contributed by atoms with Crippen molar-refractivity contribution in [1.82, 2.24) is 15.4 Å². The number of fused-ring (bicyclic) bond motifs is 1. The molecule has 5 heteroatoms. The summed E-state index contributed by atoms with van der Waals surface area (Å²) >= 11 is 0. The van der Waals surface area contributed by atoms with Crippen LogP contribution in [-0.4, -0.2) is 22.1 Å². The van der Waals surface area contributed by atoms with E-state index in [1.165, 1.54) is 5.56 Å². The molecule has 2 aromatic carbocycles. The summed E-state index contributed by atoms with van der Waals surface area (Å²) in [5.74, 6) is 0.230. The lowest BCUT2D eigenvalue weighted by Gasteiger charge is -2.11. The molecule has 4 aromatic rings. The number of carbonyl (C=O) groups is 1. The van der Waals surface area contributed by atoms with E-state index in [1.54, 1.807) is 18.6 Å². The quantitative estimate of drug-likeness (QED) is 0.335. The number of benzene rings is 2. The van der Waals surface area contributed by atoms with E-state index in [9.17, 15) is 4.79 Å². The van der Waals surface area contributed by atoms with E-state index in [-0.39, 0.29) is 5.91 Å². The number of hydrogen-bond donors (Lipinski definition) is 1. The molecule has 0 saturated heterocycles. The molecule has 0 bridgehead atoms. The highest BCUT2D eigenvalue weighted by molar-refractivity contribution is 6.07. The van der Waals surface area contributed by atoms with Gasteiger partial charge in [0.2, 0.25) is 0 Å². The molecule has 0 saturated carbocycles. The summed E-state index contributed by atoms with van der Waals surface area (Å²) in [5, 5.41) is 4.87. The summed E-state index contributed by atoms with van der Waals surface area (Å²) in [6.45, 7) is 4.41. The highest BCUT2D eigenvalue weighted by Crippen LogP contribution is 2.27. The Kier molecular flexibility index (Phi) is 6.13. The minimum atomic E-state index is -0.281. The van der Waals surface area contributed by atoms with Gasteiger partial charge in [-0.2, -0.15) is 5.10 Å². The predicted octanol–water partition coefficient (Wildman–Crippen LogP) is 5.57. The van der Waals surface area contributed by atoms with Gasteiger partial charge >= 0.3 is 0 Å². The third-order valence-corrected chi connectivity index (χ3v) is 5.41. The Bertz CT molecular complexity index is 1220. The second-order valence-electron chi connectivity index (χ2n) is 7.49. The van der Waals surface area contributed by atoms with Crippen molar-refractivity contribution in [3.8, 4) is 11.3 Å². The largest absolute Gasteiger partial charge is 0.272 e. The van der Waals surface area contributed by atoms with Gasteiger partial charge in [0.25, 0.3) is 5.91 Å². The smallest absolute Gasteiger partial charge is 0.267 e. The Morgan fingerprint density at radius 3 is 2.65 bits per heavy atom. The van der Waals surface area contributed by atoms with Gasteiger partial charge in [-0.15, -0.1) is 0 Å². The van der Waals surface area contributed by atoms with Crippen LogP contribution in [0, 0.1) is 0 Å². The van der Waals surface area contributed by atoms with Crippen LogP contribution in [0.25, 0.3) is 22.2 Å². The maximum Gasteiger partial charge on any atom is 0.272 e. The Morgan fingerprint density at radius 2 is 1.90 bits per heavy atom. The molecule has 1 N–H and O–H groups in total. The number of aromatic nitrogens is 2. The van der Waals surface area contributed by atoms with Crippen LogP contribution in [0.1, 0.15) is 47.7 Å². The monoisotopic (exact) mass is 408 g/mol. The van der Waals surface area contributed by atoms with Crippen LogP contribution in [0.2, 0.25) is 0 Å². The van der Waals surface area contributed by atoms with Crippen molar-refractivity contribution in [1.29, 1.82) is 0 Å². The summed E-state index contributed by atoms with van der Waals surface area (Å²) in [7, 11) is 0. The van der Waals surface area contributed by atoms with E-state index in [4.69, 9.17) is 4.98 Å². The van der Waals surface area contributed by atoms with E-state index in [1.807, 2.05) is 42.5 Å². The van der Waals surface area contributed by atoms with Crippen LogP contribution in [0.4, 0.5) is 0 Å². The standard InChI is InChI=1S/C26H24N4O/c1-3-18(2)20-10-12-21(13-11-20)25-15-23(22-8-4-5-9-24(22)29-25)26(31)30-28-17-19-7-6-14-27-16-19/h4-18H,3H2,1-2H3,(H,30,31)/b28-17-. The zero-order valence-electron chi connectivity index (χ0n) is 17.6. The van der Waals surface area contributed by atoms with E-state index < -0.39 is 0 Å². The number of amides is 1. The highest BCUT2D eigenvalue weighted by atomic mass is 16.2. The normalized spacial score (nSPS) is 12.2. The number of para-hydroxylation sites is 1. The number of carbonyl (C=O) groups excluding carboxylic acids is 1. The molecule has 0 spiro atoms. The van der Waals surface area contributed by atoms with Crippen molar-refractivity contribution in [3.05, 3.63) is 95.8 Å². The topological polar surface area (TPSA) is 67.2 Å². The van der Waals surface area contributed by atoms with Gasteiger partial charge in [0, 0.05) is 28.9 Å². The molecule has 0 aliphatic carbocycles. The van der Waals surface area contributed by atoms with Crippen LogP contribution >= 0.6 is 0 Å². The lowest BCUT2D eigenvalue weighted by Crippen LogP contribution is -2.18. The average molecular weight is 409 g/mol. The van der Waals surface area contributed by atoms with Gasteiger partial charge in [0.15, 0.2) is 0 Å². The van der Waals surface area contributed by atoms with Crippen LogP contribution in [0.15, 0.2) is 84.2 Å². The van der Waals surface area contributed by atoms with E-state index in [2.05, 4.69) is 53.6 Å².